The molecule has 0 saturated carbocycles. The first-order valence-electron chi connectivity index (χ1n) is 6.66. The normalized spacial score (nSPS) is 21.1. The van der Waals surface area contributed by atoms with E-state index in [0.717, 1.165) is 16.7 Å². The predicted molar refractivity (Wildman–Crippen MR) is 76.2 cm³/mol. The van der Waals surface area contributed by atoms with Crippen LogP contribution in [0.25, 0.3) is 0 Å². The second-order valence-electron chi connectivity index (χ2n) is 5.27. The van der Waals surface area contributed by atoms with E-state index in [1.54, 1.807) is 0 Å². The molecule has 1 N–H and O–H groups in total. The molecule has 0 spiro atoms. The molecule has 1 saturated heterocycles. The lowest BCUT2D eigenvalue weighted by molar-refractivity contribution is -0.0304. The van der Waals surface area contributed by atoms with E-state index in [1.165, 1.54) is 4.31 Å². The molecule has 112 valence electrons. The molecule has 1 fully saturated rings. The van der Waals surface area contributed by atoms with Gasteiger partial charge in [0.05, 0.1) is 24.2 Å². The number of aliphatic hydroxyl groups is 1. The third kappa shape index (κ3) is 2.88. The van der Waals surface area contributed by atoms with Crippen molar-refractivity contribution in [3.05, 3.63) is 28.8 Å². The van der Waals surface area contributed by atoms with Crippen molar-refractivity contribution in [1.82, 2.24) is 4.31 Å². The molecule has 0 aromatic heterocycles. The highest BCUT2D eigenvalue weighted by Crippen LogP contribution is 2.26. The van der Waals surface area contributed by atoms with E-state index in [1.807, 2.05) is 32.9 Å². The smallest absolute Gasteiger partial charge is 0.243 e. The van der Waals surface area contributed by atoms with Gasteiger partial charge in [0.1, 0.15) is 0 Å². The quantitative estimate of drug-likeness (QED) is 0.904. The average Bonchev–Trinajstić information content (AvgIpc) is 2.37. The van der Waals surface area contributed by atoms with Crippen molar-refractivity contribution in [2.75, 3.05) is 26.3 Å². The molecule has 2 rings (SSSR count). The van der Waals surface area contributed by atoms with Crippen LogP contribution in [0.1, 0.15) is 16.7 Å². The van der Waals surface area contributed by atoms with Crippen LogP contribution in [0.2, 0.25) is 0 Å². The van der Waals surface area contributed by atoms with E-state index in [9.17, 15) is 8.42 Å². The molecule has 0 amide bonds. The van der Waals surface area contributed by atoms with Crippen molar-refractivity contribution < 1.29 is 18.3 Å². The molecule has 1 aromatic rings. The minimum absolute atomic E-state index is 0.169. The van der Waals surface area contributed by atoms with Gasteiger partial charge >= 0.3 is 0 Å². The van der Waals surface area contributed by atoms with Crippen LogP contribution in [0.3, 0.4) is 0 Å². The molecule has 1 aromatic carbocycles. The minimum Gasteiger partial charge on any atom is -0.394 e. The molecule has 1 atom stereocenters. The zero-order valence-corrected chi connectivity index (χ0v) is 12.9. The molecule has 1 aliphatic rings. The first-order chi connectivity index (χ1) is 9.36. The molecule has 5 nitrogen and oxygen atoms in total. The highest BCUT2D eigenvalue weighted by atomic mass is 32.2. The van der Waals surface area contributed by atoms with Crippen LogP contribution in [0.4, 0.5) is 0 Å². The summed E-state index contributed by atoms with van der Waals surface area (Å²) in [5.41, 5.74) is 2.57. The van der Waals surface area contributed by atoms with Gasteiger partial charge in [-0.2, -0.15) is 4.31 Å². The SMILES string of the molecule is Cc1cc(C)c(S(=O)(=O)N2CCOC(CO)C2)c(C)c1. The number of rotatable bonds is 3. The Kier molecular flexibility index (Phi) is 4.49. The van der Waals surface area contributed by atoms with Crippen LogP contribution >= 0.6 is 0 Å². The van der Waals surface area contributed by atoms with Gasteiger partial charge < -0.3 is 9.84 Å². The molecule has 0 bridgehead atoms. The van der Waals surface area contributed by atoms with Crippen molar-refractivity contribution in [3.8, 4) is 0 Å². The van der Waals surface area contributed by atoms with Gasteiger partial charge in [0.2, 0.25) is 10.0 Å². The van der Waals surface area contributed by atoms with E-state index in [-0.39, 0.29) is 13.2 Å². The Morgan fingerprint density at radius 3 is 2.45 bits per heavy atom. The number of hydrogen-bond acceptors (Lipinski definition) is 4. The first kappa shape index (κ1) is 15.4. The number of aliphatic hydroxyl groups excluding tert-OH is 1. The highest BCUT2D eigenvalue weighted by Gasteiger charge is 2.32. The van der Waals surface area contributed by atoms with Crippen LogP contribution in [0.15, 0.2) is 17.0 Å². The predicted octanol–water partition coefficient (Wildman–Crippen LogP) is 0.994. The number of morpholine rings is 1. The summed E-state index contributed by atoms with van der Waals surface area (Å²) in [6, 6.07) is 3.76. The van der Waals surface area contributed by atoms with Gasteiger partial charge in [0.25, 0.3) is 0 Å². The minimum atomic E-state index is -3.54. The van der Waals surface area contributed by atoms with E-state index in [4.69, 9.17) is 9.84 Å². The lowest BCUT2D eigenvalue weighted by Crippen LogP contribution is -2.47. The lowest BCUT2D eigenvalue weighted by Gasteiger charge is -2.32. The number of ether oxygens (including phenoxy) is 1. The molecule has 0 radical (unpaired) electrons. The van der Waals surface area contributed by atoms with Crippen LogP contribution in [0.5, 0.6) is 0 Å². The molecule has 0 aliphatic carbocycles. The van der Waals surface area contributed by atoms with Crippen LogP contribution in [-0.2, 0) is 14.8 Å². The maximum Gasteiger partial charge on any atom is 0.243 e. The van der Waals surface area contributed by atoms with E-state index >= 15 is 0 Å². The average molecular weight is 299 g/mol. The summed E-state index contributed by atoms with van der Waals surface area (Å²) in [7, 11) is -3.54. The fourth-order valence-corrected chi connectivity index (χ4v) is 4.59. The standard InChI is InChI=1S/C14H21NO4S/c1-10-6-11(2)14(12(3)7-10)20(17,18)15-4-5-19-13(8-15)9-16/h6-7,13,16H,4-5,8-9H2,1-3H3. The Morgan fingerprint density at radius 2 is 1.90 bits per heavy atom. The Hall–Kier alpha value is -0.950. The summed E-state index contributed by atoms with van der Waals surface area (Å²) in [4.78, 5) is 0.377. The van der Waals surface area contributed by atoms with Crippen molar-refractivity contribution in [3.63, 3.8) is 0 Å². The number of benzene rings is 1. The molecule has 1 unspecified atom stereocenters. The topological polar surface area (TPSA) is 66.8 Å². The van der Waals surface area contributed by atoms with Crippen molar-refractivity contribution >= 4 is 10.0 Å². The second-order valence-corrected chi connectivity index (χ2v) is 7.14. The van der Waals surface area contributed by atoms with Gasteiger partial charge in [-0.1, -0.05) is 17.7 Å². The number of aryl methyl sites for hydroxylation is 3. The van der Waals surface area contributed by atoms with Crippen LogP contribution in [0, 0.1) is 20.8 Å². The van der Waals surface area contributed by atoms with Crippen molar-refractivity contribution in [2.24, 2.45) is 0 Å². The second kappa shape index (κ2) is 5.81. The van der Waals surface area contributed by atoms with Gasteiger partial charge in [-0.15, -0.1) is 0 Å². The van der Waals surface area contributed by atoms with E-state index in [2.05, 4.69) is 0 Å². The Morgan fingerprint density at radius 1 is 1.30 bits per heavy atom. The van der Waals surface area contributed by atoms with Gasteiger partial charge in [-0.05, 0) is 31.9 Å². The molecular weight excluding hydrogens is 278 g/mol. The van der Waals surface area contributed by atoms with E-state index < -0.39 is 16.1 Å². The maximum absolute atomic E-state index is 12.8. The zero-order chi connectivity index (χ0) is 14.9. The molecule has 1 heterocycles. The summed E-state index contributed by atoms with van der Waals surface area (Å²) in [6.07, 6.45) is -0.440. The Balaban J connectivity index is 2.40. The van der Waals surface area contributed by atoms with Crippen molar-refractivity contribution in [1.29, 1.82) is 0 Å². The summed E-state index contributed by atoms with van der Waals surface area (Å²) in [6.45, 7) is 6.25. The van der Waals surface area contributed by atoms with Crippen LogP contribution in [-0.4, -0.2) is 50.2 Å². The van der Waals surface area contributed by atoms with Gasteiger partial charge in [0, 0.05) is 13.1 Å². The molecular formula is C14H21NO4S. The number of nitrogens with zero attached hydrogens (tertiary/aromatic N) is 1. The van der Waals surface area contributed by atoms with Gasteiger partial charge in [-0.3, -0.25) is 0 Å². The van der Waals surface area contributed by atoms with Gasteiger partial charge in [-0.25, -0.2) is 8.42 Å². The van der Waals surface area contributed by atoms with Gasteiger partial charge in [0.15, 0.2) is 0 Å². The maximum atomic E-state index is 12.8. The third-order valence-electron chi connectivity index (χ3n) is 3.51. The first-order valence-corrected chi connectivity index (χ1v) is 8.10. The fraction of sp³-hybridized carbons (Fsp3) is 0.571. The molecule has 1 aliphatic heterocycles. The Labute approximate surface area is 120 Å². The van der Waals surface area contributed by atoms with Crippen molar-refractivity contribution in [2.45, 2.75) is 31.8 Å². The molecule has 20 heavy (non-hydrogen) atoms. The molecule has 6 heteroatoms. The largest absolute Gasteiger partial charge is 0.394 e. The van der Waals surface area contributed by atoms with E-state index in [0.29, 0.717) is 18.0 Å². The fourth-order valence-electron chi connectivity index (χ4n) is 2.72. The zero-order valence-electron chi connectivity index (χ0n) is 12.1. The summed E-state index contributed by atoms with van der Waals surface area (Å²) in [5.74, 6) is 0. The Bertz CT molecular complexity index is 574. The number of hydrogen-bond donors (Lipinski definition) is 1. The summed E-state index contributed by atoms with van der Waals surface area (Å²) < 4.78 is 32.3. The lowest BCUT2D eigenvalue weighted by atomic mass is 10.1. The monoisotopic (exact) mass is 299 g/mol. The van der Waals surface area contributed by atoms with Crippen LogP contribution < -0.4 is 0 Å². The summed E-state index contributed by atoms with van der Waals surface area (Å²) >= 11 is 0. The third-order valence-corrected chi connectivity index (χ3v) is 5.68. The number of sulfonamides is 1. The highest BCUT2D eigenvalue weighted by molar-refractivity contribution is 7.89. The summed E-state index contributed by atoms with van der Waals surface area (Å²) in [5, 5.41) is 9.14.